The minimum atomic E-state index is -0.232. The molecule has 0 aliphatic carbocycles. The first kappa shape index (κ1) is 14.3. The smallest absolute Gasteiger partial charge is 0.255 e. The summed E-state index contributed by atoms with van der Waals surface area (Å²) in [5.41, 5.74) is 0.312. The van der Waals surface area contributed by atoms with Gasteiger partial charge in [0.1, 0.15) is 5.75 Å². The average Bonchev–Trinajstić information content (AvgIpc) is 2.37. The number of halogens is 1. The maximum atomic E-state index is 12.0. The van der Waals surface area contributed by atoms with Crippen LogP contribution in [0.1, 0.15) is 30.1 Å². The van der Waals surface area contributed by atoms with Gasteiger partial charge in [0.25, 0.3) is 5.91 Å². The van der Waals surface area contributed by atoms with E-state index in [2.05, 4.69) is 33.5 Å². The minimum Gasteiger partial charge on any atom is -0.507 e. The number of piperidine rings is 1. The van der Waals surface area contributed by atoms with Gasteiger partial charge in [-0.15, -0.1) is 0 Å². The fourth-order valence-electron chi connectivity index (χ4n) is 2.38. The molecule has 1 aliphatic heterocycles. The van der Waals surface area contributed by atoms with Crippen LogP contribution in [0.3, 0.4) is 0 Å². The van der Waals surface area contributed by atoms with Crippen LogP contribution in [0.2, 0.25) is 0 Å². The molecule has 1 aliphatic rings. The number of phenols is 1. The Hall–Kier alpha value is -1.07. The number of amides is 1. The molecule has 0 saturated carbocycles. The van der Waals surface area contributed by atoms with Gasteiger partial charge in [0.15, 0.2) is 0 Å². The molecule has 3 N–H and O–H groups in total. The summed E-state index contributed by atoms with van der Waals surface area (Å²) in [6.07, 6.45) is 2.39. The molecular formula is C14H19BrN2O2. The lowest BCUT2D eigenvalue weighted by molar-refractivity contribution is 0.0941. The van der Waals surface area contributed by atoms with Crippen molar-refractivity contribution in [2.24, 2.45) is 5.92 Å². The third kappa shape index (κ3) is 3.70. The number of carbonyl (C=O) groups is 1. The summed E-state index contributed by atoms with van der Waals surface area (Å²) >= 11 is 3.25. The number of rotatable bonds is 3. The molecule has 0 aromatic heterocycles. The van der Waals surface area contributed by atoms with Gasteiger partial charge in [0.05, 0.1) is 5.56 Å². The summed E-state index contributed by atoms with van der Waals surface area (Å²) in [5, 5.41) is 16.0. The minimum absolute atomic E-state index is 0.00322. The number of phenolic OH excluding ortho intramolecular Hbond substituents is 1. The van der Waals surface area contributed by atoms with Gasteiger partial charge in [-0.05, 0) is 43.5 Å². The highest BCUT2D eigenvalue weighted by Crippen LogP contribution is 2.22. The number of carbonyl (C=O) groups excluding carboxylic acids is 1. The van der Waals surface area contributed by atoms with Crippen molar-refractivity contribution in [2.45, 2.75) is 25.8 Å². The van der Waals surface area contributed by atoms with Crippen LogP contribution in [0, 0.1) is 5.92 Å². The Bertz CT molecular complexity index is 465. The topological polar surface area (TPSA) is 61.4 Å². The van der Waals surface area contributed by atoms with E-state index in [4.69, 9.17) is 0 Å². The van der Waals surface area contributed by atoms with Crippen molar-refractivity contribution in [1.29, 1.82) is 0 Å². The Kier molecular flexibility index (Phi) is 4.82. The third-order valence-electron chi connectivity index (χ3n) is 3.62. The average molecular weight is 327 g/mol. The van der Waals surface area contributed by atoms with Crippen LogP contribution in [-0.4, -0.2) is 30.1 Å². The third-order valence-corrected chi connectivity index (χ3v) is 4.11. The first-order valence-electron chi connectivity index (χ1n) is 6.58. The second-order valence-electron chi connectivity index (χ2n) is 5.05. The lowest BCUT2D eigenvalue weighted by atomic mass is 9.93. The molecule has 4 nitrogen and oxygen atoms in total. The molecule has 1 fully saturated rings. The summed E-state index contributed by atoms with van der Waals surface area (Å²) in [6.45, 7) is 3.80. The number of nitrogens with one attached hydrogen (secondary N) is 2. The first-order valence-corrected chi connectivity index (χ1v) is 7.37. The molecule has 1 aromatic carbocycles. The van der Waals surface area contributed by atoms with Gasteiger partial charge in [-0.25, -0.2) is 0 Å². The summed E-state index contributed by atoms with van der Waals surface area (Å²) in [4.78, 5) is 12.0. The van der Waals surface area contributed by atoms with Gasteiger partial charge in [0, 0.05) is 17.1 Å². The van der Waals surface area contributed by atoms with E-state index in [1.807, 2.05) is 0 Å². The summed E-state index contributed by atoms with van der Waals surface area (Å²) in [6, 6.07) is 5.20. The fraction of sp³-hybridized carbons (Fsp3) is 0.500. The van der Waals surface area contributed by atoms with Gasteiger partial charge in [-0.2, -0.15) is 0 Å². The van der Waals surface area contributed by atoms with Gasteiger partial charge < -0.3 is 15.7 Å². The molecule has 2 unspecified atom stereocenters. The SMILES string of the molecule is CC1CCCNC1CNC(=O)c1ccc(Br)cc1O. The van der Waals surface area contributed by atoms with Gasteiger partial charge in [0.2, 0.25) is 0 Å². The number of benzene rings is 1. The molecule has 0 bridgehead atoms. The van der Waals surface area contributed by atoms with Crippen molar-refractivity contribution in [3.05, 3.63) is 28.2 Å². The quantitative estimate of drug-likeness (QED) is 0.798. The maximum Gasteiger partial charge on any atom is 0.255 e. The molecule has 5 heteroatoms. The summed E-state index contributed by atoms with van der Waals surface area (Å²) in [5.74, 6) is 0.327. The Balaban J connectivity index is 1.93. The van der Waals surface area contributed by atoms with Crippen LogP contribution >= 0.6 is 15.9 Å². The molecule has 104 valence electrons. The van der Waals surface area contributed by atoms with Crippen LogP contribution in [0.25, 0.3) is 0 Å². The molecule has 2 rings (SSSR count). The van der Waals surface area contributed by atoms with Crippen LogP contribution in [0.15, 0.2) is 22.7 Å². The van der Waals surface area contributed by atoms with E-state index in [1.54, 1.807) is 12.1 Å². The second-order valence-corrected chi connectivity index (χ2v) is 5.97. The Morgan fingerprint density at radius 3 is 3.05 bits per heavy atom. The number of hydrogen-bond acceptors (Lipinski definition) is 3. The summed E-state index contributed by atoms with van der Waals surface area (Å²) in [7, 11) is 0. The van der Waals surface area contributed by atoms with E-state index >= 15 is 0 Å². The normalized spacial score (nSPS) is 23.1. The number of aromatic hydroxyl groups is 1. The standard InChI is InChI=1S/C14H19BrN2O2/c1-9-3-2-6-16-12(9)8-17-14(19)11-5-4-10(15)7-13(11)18/h4-5,7,9,12,16,18H,2-3,6,8H2,1H3,(H,17,19). The summed E-state index contributed by atoms with van der Waals surface area (Å²) < 4.78 is 0.754. The largest absolute Gasteiger partial charge is 0.507 e. The van der Waals surface area contributed by atoms with E-state index in [0.29, 0.717) is 24.1 Å². The number of hydrogen-bond donors (Lipinski definition) is 3. The lowest BCUT2D eigenvalue weighted by Gasteiger charge is -2.30. The van der Waals surface area contributed by atoms with E-state index in [0.717, 1.165) is 11.0 Å². The van der Waals surface area contributed by atoms with E-state index < -0.39 is 0 Å². The zero-order chi connectivity index (χ0) is 13.8. The molecule has 1 amide bonds. The predicted octanol–water partition coefficient (Wildman–Crippen LogP) is 2.27. The monoisotopic (exact) mass is 326 g/mol. The van der Waals surface area contributed by atoms with Crippen molar-refractivity contribution in [3.8, 4) is 5.75 Å². The molecule has 1 heterocycles. The van der Waals surface area contributed by atoms with E-state index in [1.165, 1.54) is 18.9 Å². The molecule has 0 radical (unpaired) electrons. The van der Waals surface area contributed by atoms with Crippen LogP contribution < -0.4 is 10.6 Å². The van der Waals surface area contributed by atoms with Crippen LogP contribution in [0.4, 0.5) is 0 Å². The Morgan fingerprint density at radius 2 is 2.37 bits per heavy atom. The highest BCUT2D eigenvalue weighted by molar-refractivity contribution is 9.10. The van der Waals surface area contributed by atoms with Gasteiger partial charge >= 0.3 is 0 Å². The predicted molar refractivity (Wildman–Crippen MR) is 78.3 cm³/mol. The molecule has 1 saturated heterocycles. The van der Waals surface area contributed by atoms with Crippen molar-refractivity contribution in [3.63, 3.8) is 0 Å². The van der Waals surface area contributed by atoms with Crippen molar-refractivity contribution in [2.75, 3.05) is 13.1 Å². The second kappa shape index (κ2) is 6.39. The lowest BCUT2D eigenvalue weighted by Crippen LogP contribution is -2.47. The van der Waals surface area contributed by atoms with Crippen molar-refractivity contribution in [1.82, 2.24) is 10.6 Å². The Morgan fingerprint density at radius 1 is 1.58 bits per heavy atom. The zero-order valence-electron chi connectivity index (χ0n) is 10.9. The molecule has 2 atom stereocenters. The van der Waals surface area contributed by atoms with Gasteiger partial charge in [-0.1, -0.05) is 22.9 Å². The molecule has 19 heavy (non-hydrogen) atoms. The van der Waals surface area contributed by atoms with Crippen molar-refractivity contribution < 1.29 is 9.90 Å². The van der Waals surface area contributed by atoms with Crippen LogP contribution in [-0.2, 0) is 0 Å². The molecular weight excluding hydrogens is 308 g/mol. The Labute approximate surface area is 121 Å². The van der Waals surface area contributed by atoms with Crippen molar-refractivity contribution >= 4 is 21.8 Å². The first-order chi connectivity index (χ1) is 9.08. The zero-order valence-corrected chi connectivity index (χ0v) is 12.5. The van der Waals surface area contributed by atoms with E-state index in [-0.39, 0.29) is 11.7 Å². The fourth-order valence-corrected chi connectivity index (χ4v) is 2.73. The van der Waals surface area contributed by atoms with Gasteiger partial charge in [-0.3, -0.25) is 4.79 Å². The van der Waals surface area contributed by atoms with E-state index in [9.17, 15) is 9.90 Å². The highest BCUT2D eigenvalue weighted by atomic mass is 79.9. The molecule has 1 aromatic rings. The molecule has 0 spiro atoms. The van der Waals surface area contributed by atoms with Crippen LogP contribution in [0.5, 0.6) is 5.75 Å². The highest BCUT2D eigenvalue weighted by Gasteiger charge is 2.21. The maximum absolute atomic E-state index is 12.0.